The Morgan fingerprint density at radius 2 is 0.973 bits per heavy atom. The molecular weight excluding hydrogens is 639 g/mol. The Labute approximate surface area is 244 Å². The third-order valence-electron chi connectivity index (χ3n) is 7.22. The Morgan fingerprint density at radius 3 is 1.49 bits per heavy atom. The van der Waals surface area contributed by atoms with Gasteiger partial charge in [-0.25, -0.2) is 0 Å². The van der Waals surface area contributed by atoms with Crippen molar-refractivity contribution in [1.82, 2.24) is 4.98 Å². The van der Waals surface area contributed by atoms with Crippen molar-refractivity contribution < 1.29 is 15.1 Å². The standard InChI is InChI=1S/C30H40NP3.2ClH.Ru/c1-32-21-9-15-27-13-8-14-28(31-27)16-10-23-33(29-17-4-2-5-18-29)25-12-26-34(24-11-22-32)30-19-6-3-7-20-30;;;/h2-8,13-14,17-20H,9-12,15-16,21-26H2,1H3;2*1H;/q;;;+2/p+1. The number of hydrogen-bond acceptors (Lipinski definition) is 1. The number of aromatic nitrogens is 1. The molecule has 1 aliphatic rings. The fraction of sp³-hybridized carbons (Fsp3) is 0.433. The number of nitrogens with zero attached hydrogens (tertiary/aromatic N) is 1. The van der Waals surface area contributed by atoms with Crippen molar-refractivity contribution in [2.45, 2.75) is 38.5 Å². The van der Waals surface area contributed by atoms with Crippen LogP contribution in [-0.2, 0) is 28.0 Å². The second kappa shape index (κ2) is 19.2. The molecule has 0 spiro atoms. The summed E-state index contributed by atoms with van der Waals surface area (Å²) in [5.74, 6) is 0. The summed E-state index contributed by atoms with van der Waals surface area (Å²) in [6, 6.07) is 29.7. The van der Waals surface area contributed by atoms with Crippen LogP contribution in [0.3, 0.4) is 0 Å². The number of hydrogen-bond donors (Lipinski definition) is 0. The summed E-state index contributed by atoms with van der Waals surface area (Å²) in [7, 11) is 8.53. The van der Waals surface area contributed by atoms with E-state index in [0.29, 0.717) is 0 Å². The van der Waals surface area contributed by atoms with Gasteiger partial charge in [-0.05, 0) is 70.0 Å². The molecule has 1 nitrogen and oxygen atoms in total. The van der Waals surface area contributed by atoms with Gasteiger partial charge in [0.25, 0.3) is 0 Å². The Balaban J connectivity index is 0.00000121. The molecule has 3 unspecified atom stereocenters. The fourth-order valence-electron chi connectivity index (χ4n) is 5.28. The number of pyridine rings is 1. The number of halogens is 2. The Bertz CT molecular complexity index is 996. The van der Waals surface area contributed by atoms with E-state index in [9.17, 15) is 0 Å². The van der Waals surface area contributed by atoms with Gasteiger partial charge in [0.05, 0.1) is 47.6 Å². The second-order valence-electron chi connectivity index (χ2n) is 9.98. The molecule has 3 aromatic rings. The molecule has 7 heteroatoms. The molecule has 2 aromatic carbocycles. The zero-order valence-corrected chi connectivity index (χ0v) is 28.3. The fourth-order valence-corrected chi connectivity index (χ4v) is 13.2. The van der Waals surface area contributed by atoms with Crippen molar-refractivity contribution in [2.75, 3.05) is 43.6 Å². The summed E-state index contributed by atoms with van der Waals surface area (Å²) in [6.07, 6.45) is 16.4. The van der Waals surface area contributed by atoms with Crippen LogP contribution in [0.5, 0.6) is 0 Å². The van der Waals surface area contributed by atoms with Crippen LogP contribution in [0.4, 0.5) is 0 Å². The molecule has 0 aliphatic carbocycles. The molecule has 0 radical (unpaired) electrons. The molecule has 0 amide bonds. The van der Waals surface area contributed by atoms with Crippen molar-refractivity contribution in [3.63, 3.8) is 0 Å². The average molecular weight is 683 g/mol. The van der Waals surface area contributed by atoms with Crippen molar-refractivity contribution in [1.29, 1.82) is 0 Å². The first kappa shape index (κ1) is 31.6. The molecule has 3 atom stereocenters. The van der Waals surface area contributed by atoms with Gasteiger partial charge in [0.15, 0.2) is 0 Å². The molecule has 1 aromatic heterocycles. The van der Waals surface area contributed by atoms with Crippen molar-refractivity contribution in [3.8, 4) is 0 Å². The second-order valence-corrected chi connectivity index (χ2v) is 21.1. The Hall–Kier alpha value is 0.0834. The van der Waals surface area contributed by atoms with E-state index in [0.717, 1.165) is 12.8 Å². The van der Waals surface area contributed by atoms with Gasteiger partial charge in [0, 0.05) is 46.7 Å². The Morgan fingerprint density at radius 1 is 0.568 bits per heavy atom. The summed E-state index contributed by atoms with van der Waals surface area (Å²) in [4.78, 5) is 5.03. The molecule has 0 saturated carbocycles. The van der Waals surface area contributed by atoms with E-state index in [1.165, 1.54) is 74.0 Å². The van der Waals surface area contributed by atoms with Gasteiger partial charge in [-0.3, -0.25) is 4.98 Å². The molecule has 0 N–H and O–H groups in total. The van der Waals surface area contributed by atoms with Crippen LogP contribution < -0.4 is 10.6 Å². The van der Waals surface area contributed by atoms with Crippen LogP contribution in [0, 0.1) is 0 Å². The van der Waals surface area contributed by atoms with E-state index in [4.69, 9.17) is 24.4 Å². The molecule has 0 fully saturated rings. The molecule has 1 aliphatic heterocycles. The molecule has 37 heavy (non-hydrogen) atoms. The SMILES string of the molecule is C[PH+]1CCCc2cccc(n2)CCC[PH+](c2ccccc2)CCC[PH+](c2ccccc2)CCC1.[Cl][Ru][Cl]. The van der Waals surface area contributed by atoms with Crippen LogP contribution in [0.25, 0.3) is 0 Å². The number of fused-ring (bicyclic) bond motifs is 2. The van der Waals surface area contributed by atoms with E-state index in [1.54, 1.807) is 10.6 Å². The zero-order valence-electron chi connectivity index (χ0n) is 22.0. The van der Waals surface area contributed by atoms with E-state index in [2.05, 4.69) is 85.5 Å². The summed E-state index contributed by atoms with van der Waals surface area (Å²) < 4.78 is 0. The minimum atomic E-state index is -0.513. The summed E-state index contributed by atoms with van der Waals surface area (Å²) >= 11 is -0.346. The normalized spacial score (nSPS) is 22.2. The first-order chi connectivity index (χ1) is 18.2. The molecule has 2 heterocycles. The minimum absolute atomic E-state index is 0.216. The van der Waals surface area contributed by atoms with Crippen LogP contribution in [0.15, 0.2) is 78.9 Å². The quantitative estimate of drug-likeness (QED) is 0.197. The number of aryl methyl sites for hydroxylation is 2. The van der Waals surface area contributed by atoms with Gasteiger partial charge in [0.2, 0.25) is 0 Å². The summed E-state index contributed by atoms with van der Waals surface area (Å²) in [5, 5.41) is 3.31. The maximum atomic E-state index is 5.03. The predicted octanol–water partition coefficient (Wildman–Crippen LogP) is 8.04. The topological polar surface area (TPSA) is 12.9 Å². The van der Waals surface area contributed by atoms with Crippen LogP contribution in [0.2, 0.25) is 0 Å². The first-order valence-electron chi connectivity index (χ1n) is 13.6. The maximum absolute atomic E-state index is 5.03. The zero-order chi connectivity index (χ0) is 26.1. The van der Waals surface area contributed by atoms with Crippen LogP contribution in [-0.4, -0.2) is 48.6 Å². The Kier molecular flexibility index (Phi) is 16.4. The molecule has 2 bridgehead atoms. The van der Waals surface area contributed by atoms with Crippen LogP contribution in [0.1, 0.15) is 37.1 Å². The van der Waals surface area contributed by atoms with Crippen LogP contribution >= 0.6 is 43.1 Å². The van der Waals surface area contributed by atoms with E-state index >= 15 is 0 Å². The van der Waals surface area contributed by atoms with Gasteiger partial charge in [-0.2, -0.15) is 0 Å². The van der Waals surface area contributed by atoms with Gasteiger partial charge >= 0.3 is 34.5 Å². The molecule has 4 rings (SSSR count). The van der Waals surface area contributed by atoms with E-state index in [1.807, 2.05) is 0 Å². The van der Waals surface area contributed by atoms with Crippen molar-refractivity contribution >= 4 is 53.8 Å². The summed E-state index contributed by atoms with van der Waals surface area (Å²) in [5.41, 5.74) is 2.63. The van der Waals surface area contributed by atoms with Gasteiger partial charge < -0.3 is 0 Å². The van der Waals surface area contributed by atoms with E-state index < -0.39 is 15.8 Å². The number of benzene rings is 2. The number of rotatable bonds is 2. The monoisotopic (exact) mass is 682 g/mol. The molecular formula is C30H43Cl2NP3Ru+3. The average Bonchev–Trinajstić information content (AvgIpc) is 2.92. The van der Waals surface area contributed by atoms with Gasteiger partial charge in [-0.1, -0.05) is 42.5 Å². The van der Waals surface area contributed by atoms with Crippen molar-refractivity contribution in [3.05, 3.63) is 90.3 Å². The first-order valence-corrected chi connectivity index (χ1v) is 24.3. The van der Waals surface area contributed by atoms with E-state index in [-0.39, 0.29) is 23.1 Å². The van der Waals surface area contributed by atoms with Crippen molar-refractivity contribution in [2.24, 2.45) is 0 Å². The molecule has 0 saturated heterocycles. The third-order valence-corrected chi connectivity index (χ3v) is 15.8. The summed E-state index contributed by atoms with van der Waals surface area (Å²) in [6.45, 7) is 2.57. The molecule has 202 valence electrons. The third kappa shape index (κ3) is 12.4. The van der Waals surface area contributed by atoms with Gasteiger partial charge in [-0.15, -0.1) is 0 Å². The predicted molar refractivity (Wildman–Crippen MR) is 174 cm³/mol. The van der Waals surface area contributed by atoms with Gasteiger partial charge in [0.1, 0.15) is 0 Å².